The van der Waals surface area contributed by atoms with Crippen molar-refractivity contribution in [1.29, 1.82) is 0 Å². The lowest BCUT2D eigenvalue weighted by molar-refractivity contribution is 0.0692. The van der Waals surface area contributed by atoms with E-state index in [-0.39, 0.29) is 5.56 Å². The number of ether oxygens (including phenoxy) is 1. The summed E-state index contributed by atoms with van der Waals surface area (Å²) in [5.74, 6) is -0.684. The van der Waals surface area contributed by atoms with Crippen molar-refractivity contribution in [2.24, 2.45) is 0 Å². The predicted molar refractivity (Wildman–Crippen MR) is 79.2 cm³/mol. The summed E-state index contributed by atoms with van der Waals surface area (Å²) >= 11 is 0. The highest BCUT2D eigenvalue weighted by Crippen LogP contribution is 2.17. The number of nitrogens with one attached hydrogen (secondary N) is 2. The van der Waals surface area contributed by atoms with Crippen molar-refractivity contribution in [2.45, 2.75) is 6.42 Å². The number of carboxylic acid groups (broad SMARTS) is 1. The van der Waals surface area contributed by atoms with Crippen molar-refractivity contribution in [3.63, 3.8) is 0 Å². The minimum absolute atomic E-state index is 0.134. The van der Waals surface area contributed by atoms with Crippen LogP contribution in [0.25, 0.3) is 0 Å². The molecule has 0 unspecified atom stereocenters. The molecule has 0 saturated heterocycles. The summed E-state index contributed by atoms with van der Waals surface area (Å²) in [5, 5.41) is 12.1. The van der Waals surface area contributed by atoms with Crippen LogP contribution in [0.4, 0.5) is 0 Å². The number of carboxylic acids is 1. The van der Waals surface area contributed by atoms with E-state index in [2.05, 4.69) is 10.0 Å². The minimum atomic E-state index is -3.13. The van der Waals surface area contributed by atoms with Crippen LogP contribution in [-0.4, -0.2) is 52.0 Å². The summed E-state index contributed by atoms with van der Waals surface area (Å²) in [4.78, 5) is 11.0. The smallest absolute Gasteiger partial charge is 0.339 e. The first-order chi connectivity index (χ1) is 9.90. The van der Waals surface area contributed by atoms with Gasteiger partial charge in [-0.05, 0) is 25.1 Å². The van der Waals surface area contributed by atoms with E-state index in [4.69, 9.17) is 9.84 Å². The maximum absolute atomic E-state index is 11.0. The first-order valence-electron chi connectivity index (χ1n) is 6.50. The molecule has 8 heteroatoms. The van der Waals surface area contributed by atoms with Crippen molar-refractivity contribution in [1.82, 2.24) is 10.0 Å². The van der Waals surface area contributed by atoms with Crippen LogP contribution in [0.5, 0.6) is 5.75 Å². The summed E-state index contributed by atoms with van der Waals surface area (Å²) in [5.41, 5.74) is 0.134. The number of aromatic carboxylic acids is 1. The Morgan fingerprint density at radius 3 is 2.62 bits per heavy atom. The normalized spacial score (nSPS) is 11.3. The molecule has 0 spiro atoms. The molecule has 118 valence electrons. The van der Waals surface area contributed by atoms with Crippen molar-refractivity contribution in [2.75, 3.05) is 32.5 Å². The molecule has 0 heterocycles. The van der Waals surface area contributed by atoms with Crippen molar-refractivity contribution in [3.8, 4) is 5.75 Å². The van der Waals surface area contributed by atoms with Gasteiger partial charge in [-0.15, -0.1) is 0 Å². The number of sulfonamides is 1. The quantitative estimate of drug-likeness (QED) is 0.536. The van der Waals surface area contributed by atoms with E-state index in [1.807, 2.05) is 0 Å². The van der Waals surface area contributed by atoms with Gasteiger partial charge in [0.2, 0.25) is 10.0 Å². The fourth-order valence-corrected chi connectivity index (χ4v) is 2.11. The standard InChI is InChI=1S/C13H20N2O5S/c1-21(18,19)15-8-4-7-14-9-10-20-12-6-3-2-5-11(12)13(16)17/h2-3,5-6,14-15H,4,7-10H2,1H3,(H,16,17). The molecule has 0 fully saturated rings. The van der Waals surface area contributed by atoms with Gasteiger partial charge in [-0.1, -0.05) is 12.1 Å². The molecular formula is C13H20N2O5S. The maximum atomic E-state index is 11.0. The zero-order valence-electron chi connectivity index (χ0n) is 11.8. The lowest BCUT2D eigenvalue weighted by Gasteiger charge is -2.09. The van der Waals surface area contributed by atoms with Crippen LogP contribution in [0, 0.1) is 0 Å². The second kappa shape index (κ2) is 8.60. The number of hydrogen-bond acceptors (Lipinski definition) is 5. The Balaban J connectivity index is 2.16. The number of rotatable bonds is 10. The highest BCUT2D eigenvalue weighted by Gasteiger charge is 2.09. The first-order valence-corrected chi connectivity index (χ1v) is 8.40. The molecule has 1 aromatic carbocycles. The SMILES string of the molecule is CS(=O)(=O)NCCCNCCOc1ccccc1C(=O)O. The second-order valence-corrected chi connectivity index (χ2v) is 6.25. The summed E-state index contributed by atoms with van der Waals surface area (Å²) < 4.78 is 29.4. The van der Waals surface area contributed by atoms with Gasteiger partial charge in [-0.2, -0.15) is 0 Å². The fraction of sp³-hybridized carbons (Fsp3) is 0.462. The predicted octanol–water partition coefficient (Wildman–Crippen LogP) is 0.293. The van der Waals surface area contributed by atoms with E-state index in [1.165, 1.54) is 6.07 Å². The first kappa shape index (κ1) is 17.4. The molecule has 0 aliphatic rings. The topological polar surface area (TPSA) is 105 Å². The Morgan fingerprint density at radius 1 is 1.24 bits per heavy atom. The average Bonchev–Trinajstić information content (AvgIpc) is 2.41. The van der Waals surface area contributed by atoms with E-state index >= 15 is 0 Å². The number of para-hydroxylation sites is 1. The zero-order valence-corrected chi connectivity index (χ0v) is 12.6. The van der Waals surface area contributed by atoms with Crippen LogP contribution < -0.4 is 14.8 Å². The van der Waals surface area contributed by atoms with Gasteiger partial charge in [0.15, 0.2) is 0 Å². The molecule has 0 aliphatic heterocycles. The van der Waals surface area contributed by atoms with Gasteiger partial charge in [-0.25, -0.2) is 17.9 Å². The van der Waals surface area contributed by atoms with Crippen LogP contribution in [-0.2, 0) is 10.0 Å². The molecule has 21 heavy (non-hydrogen) atoms. The molecule has 0 bridgehead atoms. The third kappa shape index (κ3) is 7.64. The molecule has 1 rings (SSSR count). The van der Waals surface area contributed by atoms with Crippen molar-refractivity contribution < 1.29 is 23.1 Å². The Labute approximate surface area is 124 Å². The van der Waals surface area contributed by atoms with E-state index < -0.39 is 16.0 Å². The molecule has 0 saturated carbocycles. The molecular weight excluding hydrogens is 296 g/mol. The van der Waals surface area contributed by atoms with E-state index in [9.17, 15) is 13.2 Å². The van der Waals surface area contributed by atoms with Crippen molar-refractivity contribution >= 4 is 16.0 Å². The fourth-order valence-electron chi connectivity index (χ4n) is 1.60. The molecule has 0 atom stereocenters. The van der Waals surface area contributed by atoms with Gasteiger partial charge in [0.1, 0.15) is 17.9 Å². The van der Waals surface area contributed by atoms with E-state index in [0.29, 0.717) is 38.4 Å². The lowest BCUT2D eigenvalue weighted by Crippen LogP contribution is -2.28. The number of hydrogen-bond donors (Lipinski definition) is 3. The van der Waals surface area contributed by atoms with Gasteiger partial charge in [0.25, 0.3) is 0 Å². The molecule has 0 radical (unpaired) electrons. The van der Waals surface area contributed by atoms with E-state index in [0.717, 1.165) is 6.26 Å². The van der Waals surface area contributed by atoms with Crippen molar-refractivity contribution in [3.05, 3.63) is 29.8 Å². The molecule has 0 amide bonds. The third-order valence-corrected chi connectivity index (χ3v) is 3.28. The summed E-state index contributed by atoms with van der Waals surface area (Å²) in [6, 6.07) is 6.46. The molecule has 7 nitrogen and oxygen atoms in total. The Bertz CT molecular complexity index is 559. The Hall–Kier alpha value is -1.64. The molecule has 0 aliphatic carbocycles. The zero-order chi connectivity index (χ0) is 15.7. The van der Waals surface area contributed by atoms with Crippen LogP contribution in [0.1, 0.15) is 16.8 Å². The summed E-state index contributed by atoms with van der Waals surface area (Å²) in [6.45, 7) is 1.91. The summed E-state index contributed by atoms with van der Waals surface area (Å²) in [6.07, 6.45) is 1.78. The van der Waals surface area contributed by atoms with Crippen LogP contribution >= 0.6 is 0 Å². The van der Waals surface area contributed by atoms with Gasteiger partial charge in [-0.3, -0.25) is 0 Å². The minimum Gasteiger partial charge on any atom is -0.491 e. The maximum Gasteiger partial charge on any atom is 0.339 e. The Morgan fingerprint density at radius 2 is 1.95 bits per heavy atom. The molecule has 1 aromatic rings. The highest BCUT2D eigenvalue weighted by atomic mass is 32.2. The van der Waals surface area contributed by atoms with Crippen LogP contribution in [0.15, 0.2) is 24.3 Å². The average molecular weight is 316 g/mol. The monoisotopic (exact) mass is 316 g/mol. The van der Waals surface area contributed by atoms with Crippen LogP contribution in [0.3, 0.4) is 0 Å². The lowest BCUT2D eigenvalue weighted by atomic mass is 10.2. The van der Waals surface area contributed by atoms with E-state index in [1.54, 1.807) is 18.2 Å². The van der Waals surface area contributed by atoms with Gasteiger partial charge in [0.05, 0.1) is 6.26 Å². The number of benzene rings is 1. The van der Waals surface area contributed by atoms with Gasteiger partial charge >= 0.3 is 5.97 Å². The highest BCUT2D eigenvalue weighted by molar-refractivity contribution is 7.88. The second-order valence-electron chi connectivity index (χ2n) is 4.42. The number of carbonyl (C=O) groups is 1. The van der Waals surface area contributed by atoms with Gasteiger partial charge < -0.3 is 15.2 Å². The van der Waals surface area contributed by atoms with Gasteiger partial charge in [0, 0.05) is 13.1 Å². The molecule has 0 aromatic heterocycles. The molecule has 3 N–H and O–H groups in total. The summed E-state index contributed by atoms with van der Waals surface area (Å²) in [7, 11) is -3.13. The largest absolute Gasteiger partial charge is 0.491 e. The third-order valence-electron chi connectivity index (χ3n) is 2.55. The Kier molecular flexibility index (Phi) is 7.13. The van der Waals surface area contributed by atoms with Crippen LogP contribution in [0.2, 0.25) is 0 Å².